The number of rotatable bonds is 4. The first-order valence-electron chi connectivity index (χ1n) is 7.82. The largest absolute Gasteiger partial charge is 0.332 e. The summed E-state index contributed by atoms with van der Waals surface area (Å²) < 4.78 is -1.03. The Bertz CT molecular complexity index is 862. The number of carbonyl (C=O) groups excluding carboxylic acids is 1. The van der Waals surface area contributed by atoms with Crippen LogP contribution in [0.1, 0.15) is 33.0 Å². The summed E-state index contributed by atoms with van der Waals surface area (Å²) in [4.78, 5) is 33.9. The Morgan fingerprint density at radius 2 is 2.00 bits per heavy atom. The van der Waals surface area contributed by atoms with E-state index in [0.29, 0.717) is 23.1 Å². The molecule has 1 atom stereocenters. The van der Waals surface area contributed by atoms with E-state index >= 15 is 0 Å². The van der Waals surface area contributed by atoms with Gasteiger partial charge in [-0.25, -0.2) is 4.98 Å². The van der Waals surface area contributed by atoms with Crippen LogP contribution in [0.4, 0.5) is 0 Å². The van der Waals surface area contributed by atoms with Crippen molar-refractivity contribution in [2.75, 3.05) is 0 Å². The number of nitrogens with one attached hydrogen (secondary N) is 1. The number of fused-ring (bicyclic) bond motifs is 1. The maximum Gasteiger partial charge on any atom is 0.258 e. The first-order valence-corrected chi connectivity index (χ1v) is 8.58. The highest BCUT2D eigenvalue weighted by molar-refractivity contribution is 6.53. The van der Waals surface area contributed by atoms with Gasteiger partial charge in [0.25, 0.3) is 5.56 Å². The highest BCUT2D eigenvalue weighted by atomic mass is 35.5. The van der Waals surface area contributed by atoms with E-state index in [2.05, 4.69) is 9.97 Å². The highest BCUT2D eigenvalue weighted by Crippen LogP contribution is 2.64. The average molecular weight is 368 g/mol. The molecule has 7 heteroatoms. The molecule has 0 spiro atoms. The standard InChI is InChI=1S/C17H19Cl2N3O2/c1-10(2)22(15(24)16(3)9-17(16,18)19)8-13-20-12-7-5-4-6-11(12)14(23)21-13/h4-7,10H,8-9H2,1-3H3,(H,20,21,23)/t16-/m0/s1. The van der Waals surface area contributed by atoms with Gasteiger partial charge in [-0.1, -0.05) is 12.1 Å². The molecule has 1 heterocycles. The van der Waals surface area contributed by atoms with Gasteiger partial charge in [-0.3, -0.25) is 9.59 Å². The third-order valence-corrected chi connectivity index (χ3v) is 5.70. The molecule has 1 aromatic carbocycles. The van der Waals surface area contributed by atoms with E-state index in [1.165, 1.54) is 0 Å². The number of nitrogens with zero attached hydrogens (tertiary/aromatic N) is 2. The molecule has 0 radical (unpaired) electrons. The van der Waals surface area contributed by atoms with Gasteiger partial charge in [-0.05, 0) is 39.3 Å². The van der Waals surface area contributed by atoms with Crippen molar-refractivity contribution in [2.45, 2.75) is 44.1 Å². The summed E-state index contributed by atoms with van der Waals surface area (Å²) in [5.41, 5.74) is -0.403. The summed E-state index contributed by atoms with van der Waals surface area (Å²) in [5.74, 6) is 0.318. The fourth-order valence-electron chi connectivity index (χ4n) is 2.81. The van der Waals surface area contributed by atoms with Crippen LogP contribution in [0.25, 0.3) is 10.9 Å². The van der Waals surface area contributed by atoms with Crippen molar-refractivity contribution in [3.8, 4) is 0 Å². The smallest absolute Gasteiger partial charge is 0.258 e. The van der Waals surface area contributed by atoms with Crippen LogP contribution >= 0.6 is 23.2 Å². The number of alkyl halides is 2. The van der Waals surface area contributed by atoms with Crippen molar-refractivity contribution in [1.82, 2.24) is 14.9 Å². The molecule has 0 bridgehead atoms. The Balaban J connectivity index is 1.92. The molecule has 0 saturated heterocycles. The molecule has 2 aromatic rings. The van der Waals surface area contributed by atoms with E-state index < -0.39 is 9.75 Å². The Morgan fingerprint density at radius 1 is 1.38 bits per heavy atom. The molecule has 1 aliphatic rings. The maximum absolute atomic E-state index is 12.9. The number of hydrogen-bond acceptors (Lipinski definition) is 3. The fraction of sp³-hybridized carbons (Fsp3) is 0.471. The summed E-state index contributed by atoms with van der Waals surface area (Å²) in [6, 6.07) is 7.04. The third kappa shape index (κ3) is 2.80. The van der Waals surface area contributed by atoms with Crippen molar-refractivity contribution in [3.05, 3.63) is 40.4 Å². The summed E-state index contributed by atoms with van der Waals surface area (Å²) in [5, 5.41) is 0.526. The second-order valence-electron chi connectivity index (χ2n) is 6.77. The number of carbonyl (C=O) groups is 1. The Kier molecular flexibility index (Phi) is 4.12. The maximum atomic E-state index is 12.9. The van der Waals surface area contributed by atoms with Crippen LogP contribution in [0.3, 0.4) is 0 Å². The molecule has 1 fully saturated rings. The Labute approximate surface area is 150 Å². The van der Waals surface area contributed by atoms with E-state index in [-0.39, 0.29) is 24.1 Å². The second-order valence-corrected chi connectivity index (χ2v) is 8.25. The number of H-pyrrole nitrogens is 1. The zero-order valence-electron chi connectivity index (χ0n) is 13.8. The lowest BCUT2D eigenvalue weighted by Crippen LogP contribution is -2.42. The second kappa shape index (κ2) is 5.74. The van der Waals surface area contributed by atoms with Crippen molar-refractivity contribution in [1.29, 1.82) is 0 Å². The van der Waals surface area contributed by atoms with E-state index in [0.717, 1.165) is 0 Å². The first kappa shape index (κ1) is 17.2. The van der Waals surface area contributed by atoms with Crippen LogP contribution in [-0.2, 0) is 11.3 Å². The average Bonchev–Trinajstić information content (AvgIpc) is 3.03. The molecule has 1 aromatic heterocycles. The van der Waals surface area contributed by atoms with Crippen molar-refractivity contribution in [3.63, 3.8) is 0 Å². The number of aromatic amines is 1. The van der Waals surface area contributed by atoms with Gasteiger partial charge in [0.2, 0.25) is 5.91 Å². The SMILES string of the molecule is CC(C)N(Cc1nc2ccccc2c(=O)[nH]1)C(=O)[C@]1(C)CC1(Cl)Cl. The van der Waals surface area contributed by atoms with Crippen LogP contribution in [-0.4, -0.2) is 31.2 Å². The molecule has 5 nitrogen and oxygen atoms in total. The molecule has 128 valence electrons. The molecule has 0 unspecified atom stereocenters. The van der Waals surface area contributed by atoms with Crippen LogP contribution in [0.15, 0.2) is 29.1 Å². The van der Waals surface area contributed by atoms with Crippen LogP contribution in [0.2, 0.25) is 0 Å². The van der Waals surface area contributed by atoms with Crippen molar-refractivity contribution in [2.24, 2.45) is 5.41 Å². The molecule has 1 saturated carbocycles. The number of benzene rings is 1. The van der Waals surface area contributed by atoms with E-state index in [1.54, 1.807) is 30.0 Å². The quantitative estimate of drug-likeness (QED) is 0.843. The molecular formula is C17H19Cl2N3O2. The predicted octanol–water partition coefficient (Wildman–Crippen LogP) is 3.24. The van der Waals surface area contributed by atoms with Gasteiger partial charge in [-0.2, -0.15) is 0 Å². The van der Waals surface area contributed by atoms with Gasteiger partial charge in [0.05, 0.1) is 22.9 Å². The minimum atomic E-state index is -1.03. The molecule has 1 amide bonds. The minimum absolute atomic E-state index is 0.0733. The molecular weight excluding hydrogens is 349 g/mol. The number of aromatic nitrogens is 2. The Morgan fingerprint density at radius 3 is 2.58 bits per heavy atom. The number of hydrogen-bond donors (Lipinski definition) is 1. The lowest BCUT2D eigenvalue weighted by Gasteiger charge is -2.29. The summed E-state index contributed by atoms with van der Waals surface area (Å²) in [7, 11) is 0. The summed E-state index contributed by atoms with van der Waals surface area (Å²) in [6.07, 6.45) is 0.423. The zero-order chi connectivity index (χ0) is 17.7. The molecule has 1 N–H and O–H groups in total. The first-order chi connectivity index (χ1) is 11.2. The van der Waals surface area contributed by atoms with Gasteiger partial charge < -0.3 is 9.88 Å². The monoisotopic (exact) mass is 367 g/mol. The molecule has 3 rings (SSSR count). The summed E-state index contributed by atoms with van der Waals surface area (Å²) in [6.45, 7) is 5.79. The van der Waals surface area contributed by atoms with Gasteiger partial charge in [-0.15, -0.1) is 23.2 Å². The molecule has 1 aliphatic carbocycles. The Hall–Kier alpha value is -1.59. The zero-order valence-corrected chi connectivity index (χ0v) is 15.3. The topological polar surface area (TPSA) is 66.1 Å². The van der Waals surface area contributed by atoms with Gasteiger partial charge in [0, 0.05) is 6.04 Å². The molecule has 0 aliphatic heterocycles. The van der Waals surface area contributed by atoms with Crippen molar-refractivity contribution < 1.29 is 4.79 Å². The summed E-state index contributed by atoms with van der Waals surface area (Å²) >= 11 is 12.3. The minimum Gasteiger partial charge on any atom is -0.332 e. The normalized spacial score (nSPS) is 21.9. The van der Waals surface area contributed by atoms with Gasteiger partial charge in [0.15, 0.2) is 0 Å². The fourth-order valence-corrected chi connectivity index (χ4v) is 3.51. The van der Waals surface area contributed by atoms with Gasteiger partial charge in [0.1, 0.15) is 10.2 Å². The third-order valence-electron chi connectivity index (χ3n) is 4.60. The van der Waals surface area contributed by atoms with Crippen LogP contribution in [0.5, 0.6) is 0 Å². The molecule has 24 heavy (non-hydrogen) atoms. The predicted molar refractivity (Wildman–Crippen MR) is 95.2 cm³/mol. The van der Waals surface area contributed by atoms with E-state index in [1.807, 2.05) is 19.9 Å². The van der Waals surface area contributed by atoms with E-state index in [9.17, 15) is 9.59 Å². The van der Waals surface area contributed by atoms with Crippen LogP contribution < -0.4 is 5.56 Å². The van der Waals surface area contributed by atoms with E-state index in [4.69, 9.17) is 23.2 Å². The highest BCUT2D eigenvalue weighted by Gasteiger charge is 2.68. The lowest BCUT2D eigenvalue weighted by molar-refractivity contribution is -0.139. The van der Waals surface area contributed by atoms with Crippen molar-refractivity contribution >= 4 is 40.0 Å². The number of para-hydroxylation sites is 1. The number of amides is 1. The lowest BCUT2D eigenvalue weighted by atomic mass is 10.1. The van der Waals surface area contributed by atoms with Crippen LogP contribution in [0, 0.1) is 5.41 Å². The number of halogens is 2. The van der Waals surface area contributed by atoms with Gasteiger partial charge >= 0.3 is 0 Å².